The maximum Gasteiger partial charge on any atom is 0.180 e. The molecule has 0 aliphatic heterocycles. The number of rotatable bonds is 5. The highest BCUT2D eigenvalue weighted by atomic mass is 32.2. The van der Waals surface area contributed by atoms with Crippen LogP contribution in [0.5, 0.6) is 5.75 Å². The zero-order chi connectivity index (χ0) is 12.2. The maximum atomic E-state index is 11.8. The third-order valence-corrected chi connectivity index (χ3v) is 4.30. The molecular formula is C11H16O4S. The second kappa shape index (κ2) is 5.32. The lowest BCUT2D eigenvalue weighted by atomic mass is 10.3. The van der Waals surface area contributed by atoms with Crippen LogP contribution in [-0.4, -0.2) is 32.0 Å². The minimum absolute atomic E-state index is 0.0634. The summed E-state index contributed by atoms with van der Waals surface area (Å²) in [5.74, 6) is 0.553. The van der Waals surface area contributed by atoms with Crippen LogP contribution in [0.2, 0.25) is 0 Å². The van der Waals surface area contributed by atoms with Crippen molar-refractivity contribution in [2.75, 3.05) is 13.2 Å². The SMILES string of the molecule is CC(C)S(=O)(=O)c1ccc(OCCO)cc1. The molecule has 0 radical (unpaired) electrons. The van der Waals surface area contributed by atoms with Crippen LogP contribution >= 0.6 is 0 Å². The quantitative estimate of drug-likeness (QED) is 0.846. The average Bonchev–Trinajstić information content (AvgIpc) is 2.26. The summed E-state index contributed by atoms with van der Waals surface area (Å²) in [6.07, 6.45) is 0. The van der Waals surface area contributed by atoms with E-state index in [9.17, 15) is 8.42 Å². The highest BCUT2D eigenvalue weighted by molar-refractivity contribution is 7.92. The molecule has 90 valence electrons. The predicted molar refractivity (Wildman–Crippen MR) is 61.3 cm³/mol. The van der Waals surface area contributed by atoms with Crippen LogP contribution in [0.1, 0.15) is 13.8 Å². The predicted octanol–water partition coefficient (Wildman–Crippen LogP) is 1.24. The largest absolute Gasteiger partial charge is 0.491 e. The van der Waals surface area contributed by atoms with Crippen molar-refractivity contribution in [3.63, 3.8) is 0 Å². The fraction of sp³-hybridized carbons (Fsp3) is 0.455. The highest BCUT2D eigenvalue weighted by Gasteiger charge is 2.18. The molecule has 0 amide bonds. The number of sulfone groups is 1. The number of hydrogen-bond donors (Lipinski definition) is 1. The smallest absolute Gasteiger partial charge is 0.180 e. The molecule has 0 atom stereocenters. The number of hydrogen-bond acceptors (Lipinski definition) is 4. The Hall–Kier alpha value is -1.07. The average molecular weight is 244 g/mol. The molecule has 0 heterocycles. The molecule has 0 saturated carbocycles. The molecular weight excluding hydrogens is 228 g/mol. The van der Waals surface area contributed by atoms with Crippen LogP contribution in [0.3, 0.4) is 0 Å². The van der Waals surface area contributed by atoms with Gasteiger partial charge in [-0.15, -0.1) is 0 Å². The summed E-state index contributed by atoms with van der Waals surface area (Å²) < 4.78 is 28.7. The Labute approximate surface area is 95.8 Å². The van der Waals surface area contributed by atoms with Crippen molar-refractivity contribution in [2.45, 2.75) is 24.0 Å². The zero-order valence-corrected chi connectivity index (χ0v) is 10.2. The van der Waals surface area contributed by atoms with E-state index in [1.807, 2.05) is 0 Å². The van der Waals surface area contributed by atoms with E-state index < -0.39 is 15.1 Å². The van der Waals surface area contributed by atoms with Gasteiger partial charge < -0.3 is 9.84 Å². The molecule has 1 rings (SSSR count). The molecule has 0 aliphatic rings. The Balaban J connectivity index is 2.87. The summed E-state index contributed by atoms with van der Waals surface area (Å²) in [6.45, 7) is 3.43. The lowest BCUT2D eigenvalue weighted by Gasteiger charge is -2.09. The van der Waals surface area contributed by atoms with Gasteiger partial charge in [0.1, 0.15) is 12.4 Å². The summed E-state index contributed by atoms with van der Waals surface area (Å²) in [7, 11) is -3.22. The van der Waals surface area contributed by atoms with Crippen molar-refractivity contribution >= 4 is 9.84 Å². The topological polar surface area (TPSA) is 63.6 Å². The summed E-state index contributed by atoms with van der Waals surface area (Å²) in [6, 6.07) is 6.21. The van der Waals surface area contributed by atoms with Crippen LogP contribution in [0.25, 0.3) is 0 Å². The van der Waals surface area contributed by atoms with Crippen LogP contribution in [0.4, 0.5) is 0 Å². The van der Waals surface area contributed by atoms with E-state index >= 15 is 0 Å². The van der Waals surface area contributed by atoms with E-state index in [1.165, 1.54) is 12.1 Å². The molecule has 1 aromatic carbocycles. The number of aliphatic hydroxyl groups excluding tert-OH is 1. The number of benzene rings is 1. The van der Waals surface area contributed by atoms with E-state index in [0.29, 0.717) is 10.6 Å². The van der Waals surface area contributed by atoms with Gasteiger partial charge in [0.25, 0.3) is 0 Å². The third kappa shape index (κ3) is 2.96. The van der Waals surface area contributed by atoms with E-state index in [-0.39, 0.29) is 13.2 Å². The van der Waals surface area contributed by atoms with Crippen molar-refractivity contribution in [1.29, 1.82) is 0 Å². The van der Waals surface area contributed by atoms with Crippen molar-refractivity contribution < 1.29 is 18.3 Å². The summed E-state index contributed by atoms with van der Waals surface area (Å²) in [4.78, 5) is 0.291. The number of aliphatic hydroxyl groups is 1. The van der Waals surface area contributed by atoms with Gasteiger partial charge in [-0.2, -0.15) is 0 Å². The Morgan fingerprint density at radius 1 is 1.25 bits per heavy atom. The van der Waals surface area contributed by atoms with Gasteiger partial charge >= 0.3 is 0 Å². The van der Waals surface area contributed by atoms with Gasteiger partial charge in [-0.1, -0.05) is 0 Å². The van der Waals surface area contributed by atoms with Crippen LogP contribution in [-0.2, 0) is 9.84 Å². The molecule has 5 heteroatoms. The molecule has 0 unspecified atom stereocenters. The third-order valence-electron chi connectivity index (χ3n) is 2.13. The highest BCUT2D eigenvalue weighted by Crippen LogP contribution is 2.19. The Morgan fingerprint density at radius 2 is 1.81 bits per heavy atom. The molecule has 0 bridgehead atoms. The van der Waals surface area contributed by atoms with Crippen molar-refractivity contribution in [2.24, 2.45) is 0 Å². The molecule has 1 N–H and O–H groups in total. The van der Waals surface area contributed by atoms with Gasteiger partial charge in [0.15, 0.2) is 9.84 Å². The fourth-order valence-corrected chi connectivity index (χ4v) is 2.22. The lowest BCUT2D eigenvalue weighted by molar-refractivity contribution is 0.201. The Morgan fingerprint density at radius 3 is 2.25 bits per heavy atom. The summed E-state index contributed by atoms with van der Waals surface area (Å²) in [5, 5.41) is 8.13. The van der Waals surface area contributed by atoms with E-state index in [2.05, 4.69) is 0 Å². The van der Waals surface area contributed by atoms with E-state index in [1.54, 1.807) is 26.0 Å². The van der Waals surface area contributed by atoms with Crippen molar-refractivity contribution in [3.05, 3.63) is 24.3 Å². The summed E-state index contributed by atoms with van der Waals surface area (Å²) >= 11 is 0. The monoisotopic (exact) mass is 244 g/mol. The van der Waals surface area contributed by atoms with Crippen LogP contribution < -0.4 is 4.74 Å². The van der Waals surface area contributed by atoms with Crippen LogP contribution in [0, 0.1) is 0 Å². The second-order valence-electron chi connectivity index (χ2n) is 3.64. The van der Waals surface area contributed by atoms with E-state index in [0.717, 1.165) is 0 Å². The van der Waals surface area contributed by atoms with E-state index in [4.69, 9.17) is 9.84 Å². The minimum Gasteiger partial charge on any atom is -0.491 e. The molecule has 0 fully saturated rings. The first-order valence-corrected chi connectivity index (χ1v) is 6.60. The maximum absolute atomic E-state index is 11.8. The molecule has 0 spiro atoms. The summed E-state index contributed by atoms with van der Waals surface area (Å²) in [5.41, 5.74) is 0. The molecule has 16 heavy (non-hydrogen) atoms. The van der Waals surface area contributed by atoms with Gasteiger partial charge in [0.05, 0.1) is 16.8 Å². The van der Waals surface area contributed by atoms with Crippen LogP contribution in [0.15, 0.2) is 29.2 Å². The standard InChI is InChI=1S/C11H16O4S/c1-9(2)16(13,14)11-5-3-10(4-6-11)15-8-7-12/h3-6,9,12H,7-8H2,1-2H3. The second-order valence-corrected chi connectivity index (χ2v) is 6.14. The first-order valence-electron chi connectivity index (χ1n) is 5.06. The Bertz CT molecular complexity index is 420. The Kier molecular flexibility index (Phi) is 4.32. The lowest BCUT2D eigenvalue weighted by Crippen LogP contribution is -2.13. The molecule has 0 aromatic heterocycles. The minimum atomic E-state index is -3.22. The van der Waals surface area contributed by atoms with Crippen molar-refractivity contribution in [1.82, 2.24) is 0 Å². The van der Waals surface area contributed by atoms with Gasteiger partial charge in [-0.25, -0.2) is 8.42 Å². The molecule has 0 saturated heterocycles. The molecule has 1 aromatic rings. The first kappa shape index (κ1) is 13.0. The zero-order valence-electron chi connectivity index (χ0n) is 9.38. The molecule has 4 nitrogen and oxygen atoms in total. The normalized spacial score (nSPS) is 11.8. The van der Waals surface area contributed by atoms with Gasteiger partial charge in [-0.3, -0.25) is 0 Å². The van der Waals surface area contributed by atoms with Gasteiger partial charge in [0.2, 0.25) is 0 Å². The molecule has 0 aliphatic carbocycles. The number of ether oxygens (including phenoxy) is 1. The van der Waals surface area contributed by atoms with Crippen molar-refractivity contribution in [3.8, 4) is 5.75 Å². The van der Waals surface area contributed by atoms with Gasteiger partial charge in [0, 0.05) is 0 Å². The van der Waals surface area contributed by atoms with Gasteiger partial charge in [-0.05, 0) is 38.1 Å². The fourth-order valence-electron chi connectivity index (χ4n) is 1.16. The first-order chi connectivity index (χ1) is 7.48.